The second-order valence-corrected chi connectivity index (χ2v) is 2.56. The van der Waals surface area contributed by atoms with Crippen LogP contribution in [-0.4, -0.2) is 16.2 Å². The van der Waals surface area contributed by atoms with Crippen LogP contribution >= 0.6 is 0 Å². The van der Waals surface area contributed by atoms with Crippen molar-refractivity contribution in [3.63, 3.8) is 0 Å². The van der Waals surface area contributed by atoms with Crippen LogP contribution in [0.1, 0.15) is 10.4 Å². The molecule has 1 amide bonds. The first kappa shape index (κ1) is 7.53. The maximum Gasteiger partial charge on any atom is 0.250 e. The van der Waals surface area contributed by atoms with Crippen LogP contribution in [0.5, 0.6) is 0 Å². The molecule has 6 nitrogen and oxygen atoms in total. The molecule has 4 N–H and O–H groups in total. The second kappa shape index (κ2) is 2.44. The van der Waals surface area contributed by atoms with Crippen LogP contribution in [0.3, 0.4) is 0 Å². The fourth-order valence-electron chi connectivity index (χ4n) is 1.06. The molecule has 1 heterocycles. The molecule has 1 aromatic heterocycles. The molecule has 2 aromatic rings. The van der Waals surface area contributed by atoms with Crippen LogP contribution in [0.25, 0.3) is 11.0 Å². The van der Waals surface area contributed by atoms with E-state index in [1.54, 1.807) is 0 Å². The zero-order valence-electron chi connectivity index (χ0n) is 6.52. The summed E-state index contributed by atoms with van der Waals surface area (Å²) in [4.78, 5) is 10.9. The summed E-state index contributed by atoms with van der Waals surface area (Å²) in [5.41, 5.74) is 12.1. The Bertz CT molecular complexity index is 476. The first-order valence-corrected chi connectivity index (χ1v) is 3.50. The molecule has 0 aliphatic rings. The number of aromatic nitrogens is 2. The van der Waals surface area contributed by atoms with Crippen LogP contribution in [0.15, 0.2) is 16.8 Å². The molecule has 0 radical (unpaired) electrons. The molecule has 2 rings (SSSR count). The molecule has 66 valence electrons. The lowest BCUT2D eigenvalue weighted by Crippen LogP contribution is -2.13. The van der Waals surface area contributed by atoms with Crippen molar-refractivity contribution in [2.75, 3.05) is 5.73 Å². The number of fused-ring (bicyclic) bond motifs is 1. The van der Waals surface area contributed by atoms with Crippen molar-refractivity contribution in [3.05, 3.63) is 17.7 Å². The summed E-state index contributed by atoms with van der Waals surface area (Å²) in [6.07, 6.45) is 0. The number of nitrogens with two attached hydrogens (primary N) is 2. The van der Waals surface area contributed by atoms with E-state index in [2.05, 4.69) is 14.9 Å². The Hall–Kier alpha value is -2.11. The van der Waals surface area contributed by atoms with Gasteiger partial charge in [-0.05, 0) is 22.4 Å². The molecular weight excluding hydrogens is 172 g/mol. The van der Waals surface area contributed by atoms with Crippen molar-refractivity contribution in [3.8, 4) is 0 Å². The standard InChI is InChI=1S/C7H6N4O2/c8-4-2-6-5(10-13-11-6)1-3(4)7(9)12/h1-2H,8H2,(H2,9,12). The van der Waals surface area contributed by atoms with Gasteiger partial charge in [-0.1, -0.05) is 0 Å². The van der Waals surface area contributed by atoms with Crippen LogP contribution in [0.4, 0.5) is 5.69 Å². The number of carbonyl (C=O) groups is 1. The average molecular weight is 178 g/mol. The lowest BCUT2D eigenvalue weighted by Gasteiger charge is -1.98. The van der Waals surface area contributed by atoms with Gasteiger partial charge in [0.15, 0.2) is 0 Å². The third-order valence-corrected chi connectivity index (χ3v) is 1.69. The average Bonchev–Trinajstić information content (AvgIpc) is 2.48. The molecule has 0 unspecified atom stereocenters. The lowest BCUT2D eigenvalue weighted by molar-refractivity contribution is 0.100. The number of primary amides is 1. The van der Waals surface area contributed by atoms with Gasteiger partial charge in [-0.15, -0.1) is 0 Å². The van der Waals surface area contributed by atoms with E-state index < -0.39 is 5.91 Å². The highest BCUT2D eigenvalue weighted by atomic mass is 16.6. The summed E-state index contributed by atoms with van der Waals surface area (Å²) in [5, 5.41) is 7.12. The number of benzene rings is 1. The minimum atomic E-state index is -0.595. The van der Waals surface area contributed by atoms with Crippen LogP contribution in [0.2, 0.25) is 0 Å². The highest BCUT2D eigenvalue weighted by molar-refractivity contribution is 6.01. The Morgan fingerprint density at radius 3 is 2.54 bits per heavy atom. The predicted molar refractivity (Wildman–Crippen MR) is 44.7 cm³/mol. The number of nitrogens with zero attached hydrogens (tertiary/aromatic N) is 2. The Morgan fingerprint density at radius 1 is 1.31 bits per heavy atom. The van der Waals surface area contributed by atoms with Crippen molar-refractivity contribution < 1.29 is 9.42 Å². The summed E-state index contributed by atoms with van der Waals surface area (Å²) in [5.74, 6) is -0.595. The molecule has 0 saturated carbocycles. The van der Waals surface area contributed by atoms with Crippen molar-refractivity contribution in [2.45, 2.75) is 0 Å². The van der Waals surface area contributed by atoms with Gasteiger partial charge in [-0.25, -0.2) is 4.63 Å². The van der Waals surface area contributed by atoms with Gasteiger partial charge in [0.05, 0.1) is 5.56 Å². The molecule has 1 aromatic carbocycles. The second-order valence-electron chi connectivity index (χ2n) is 2.56. The monoisotopic (exact) mass is 178 g/mol. The molecule has 6 heteroatoms. The van der Waals surface area contributed by atoms with E-state index in [4.69, 9.17) is 11.5 Å². The van der Waals surface area contributed by atoms with E-state index in [9.17, 15) is 4.79 Å². The normalized spacial score (nSPS) is 10.5. The van der Waals surface area contributed by atoms with Crippen LogP contribution < -0.4 is 11.5 Å². The number of nitrogen functional groups attached to an aromatic ring is 1. The Labute approximate surface area is 72.5 Å². The van der Waals surface area contributed by atoms with Crippen LogP contribution in [-0.2, 0) is 0 Å². The highest BCUT2D eigenvalue weighted by Crippen LogP contribution is 2.18. The number of anilines is 1. The van der Waals surface area contributed by atoms with Gasteiger partial charge in [0.2, 0.25) is 0 Å². The van der Waals surface area contributed by atoms with E-state index in [0.29, 0.717) is 11.0 Å². The highest BCUT2D eigenvalue weighted by Gasteiger charge is 2.09. The number of hydrogen-bond donors (Lipinski definition) is 2. The van der Waals surface area contributed by atoms with Crippen molar-refractivity contribution in [1.29, 1.82) is 0 Å². The maximum atomic E-state index is 10.9. The van der Waals surface area contributed by atoms with Crippen molar-refractivity contribution >= 4 is 22.6 Å². The Balaban J connectivity index is 2.76. The largest absolute Gasteiger partial charge is 0.398 e. The molecule has 13 heavy (non-hydrogen) atoms. The molecule has 0 aliphatic carbocycles. The number of carbonyl (C=O) groups excluding carboxylic acids is 1. The SMILES string of the molecule is NC(=O)c1cc2nonc2cc1N. The molecule has 0 atom stereocenters. The zero-order chi connectivity index (χ0) is 9.42. The van der Waals surface area contributed by atoms with Crippen LogP contribution in [0, 0.1) is 0 Å². The number of amides is 1. The minimum Gasteiger partial charge on any atom is -0.398 e. The van der Waals surface area contributed by atoms with E-state index in [0.717, 1.165) is 0 Å². The quantitative estimate of drug-likeness (QED) is 0.593. The summed E-state index contributed by atoms with van der Waals surface area (Å²) in [6, 6.07) is 2.94. The summed E-state index contributed by atoms with van der Waals surface area (Å²) < 4.78 is 4.45. The minimum absolute atomic E-state index is 0.225. The molecule has 0 saturated heterocycles. The third kappa shape index (κ3) is 1.08. The maximum absolute atomic E-state index is 10.9. The fourth-order valence-corrected chi connectivity index (χ4v) is 1.06. The van der Waals surface area contributed by atoms with Gasteiger partial charge in [-0.3, -0.25) is 4.79 Å². The summed E-state index contributed by atoms with van der Waals surface area (Å²) >= 11 is 0. The van der Waals surface area contributed by atoms with Gasteiger partial charge in [-0.2, -0.15) is 0 Å². The summed E-state index contributed by atoms with van der Waals surface area (Å²) in [7, 11) is 0. The first-order chi connectivity index (χ1) is 6.18. The number of rotatable bonds is 1. The predicted octanol–water partition coefficient (Wildman–Crippen LogP) is -0.0961. The Morgan fingerprint density at radius 2 is 1.92 bits per heavy atom. The van der Waals surface area contributed by atoms with Crippen molar-refractivity contribution in [2.24, 2.45) is 5.73 Å². The van der Waals surface area contributed by atoms with E-state index >= 15 is 0 Å². The molecular formula is C7H6N4O2. The number of hydrogen-bond acceptors (Lipinski definition) is 5. The fraction of sp³-hybridized carbons (Fsp3) is 0. The molecule has 0 aliphatic heterocycles. The molecule has 0 spiro atoms. The van der Waals surface area contributed by atoms with E-state index in [1.807, 2.05) is 0 Å². The van der Waals surface area contributed by atoms with Gasteiger partial charge >= 0.3 is 0 Å². The third-order valence-electron chi connectivity index (χ3n) is 1.69. The lowest BCUT2D eigenvalue weighted by atomic mass is 10.1. The van der Waals surface area contributed by atoms with Gasteiger partial charge in [0.1, 0.15) is 11.0 Å². The smallest absolute Gasteiger partial charge is 0.250 e. The van der Waals surface area contributed by atoms with E-state index in [-0.39, 0.29) is 11.3 Å². The first-order valence-electron chi connectivity index (χ1n) is 3.50. The van der Waals surface area contributed by atoms with Gasteiger partial charge in [0.25, 0.3) is 5.91 Å². The topological polar surface area (TPSA) is 108 Å². The molecule has 0 fully saturated rings. The Kier molecular flexibility index (Phi) is 1.42. The van der Waals surface area contributed by atoms with Crippen molar-refractivity contribution in [1.82, 2.24) is 10.3 Å². The van der Waals surface area contributed by atoms with Gasteiger partial charge < -0.3 is 11.5 Å². The van der Waals surface area contributed by atoms with E-state index in [1.165, 1.54) is 12.1 Å². The summed E-state index contributed by atoms with van der Waals surface area (Å²) in [6.45, 7) is 0. The molecule has 0 bridgehead atoms. The van der Waals surface area contributed by atoms with Gasteiger partial charge in [0, 0.05) is 5.69 Å². The zero-order valence-corrected chi connectivity index (χ0v) is 6.52.